The van der Waals surface area contributed by atoms with Gasteiger partial charge < -0.3 is 5.11 Å². The maximum atomic E-state index is 12.8. The van der Waals surface area contributed by atoms with Crippen LogP contribution in [-0.2, 0) is 4.79 Å². The summed E-state index contributed by atoms with van der Waals surface area (Å²) in [5, 5.41) is 8.74. The van der Waals surface area contributed by atoms with Crippen molar-refractivity contribution >= 4 is 5.97 Å². The van der Waals surface area contributed by atoms with E-state index >= 15 is 0 Å². The molecule has 0 saturated carbocycles. The van der Waals surface area contributed by atoms with Crippen molar-refractivity contribution in [2.24, 2.45) is 11.8 Å². The van der Waals surface area contributed by atoms with E-state index in [0.29, 0.717) is 25.1 Å². The van der Waals surface area contributed by atoms with Crippen molar-refractivity contribution in [1.82, 2.24) is 4.90 Å². The third-order valence-corrected chi connectivity index (χ3v) is 3.57. The Hall–Kier alpha value is -1.56. The van der Waals surface area contributed by atoms with Crippen molar-refractivity contribution in [2.45, 2.75) is 12.6 Å². The van der Waals surface area contributed by atoms with E-state index in [2.05, 4.69) is 0 Å². The Morgan fingerprint density at radius 1 is 1.40 bits per heavy atom. The molecule has 3 nitrogen and oxygen atoms in total. The highest BCUT2D eigenvalue weighted by molar-refractivity contribution is 5.69. The largest absolute Gasteiger partial charge is 0.480 e. The van der Waals surface area contributed by atoms with Crippen LogP contribution in [0.25, 0.3) is 0 Å². The summed E-state index contributed by atoms with van der Waals surface area (Å²) in [6.45, 7) is 1.04. The molecule has 110 valence electrons. The zero-order chi connectivity index (χ0) is 14.8. The number of carboxylic acid groups (broad SMARTS) is 1. The van der Waals surface area contributed by atoms with Gasteiger partial charge in [-0.25, -0.2) is 0 Å². The first-order valence-electron chi connectivity index (χ1n) is 6.43. The maximum Gasteiger partial charge on any atom is 0.398 e. The predicted molar refractivity (Wildman–Crippen MR) is 68.1 cm³/mol. The first-order chi connectivity index (χ1) is 9.36. The Balaban J connectivity index is 2.08. The summed E-state index contributed by atoms with van der Waals surface area (Å²) in [6.07, 6.45) is 3.49. The standard InChI is InChI=1S/C14H16F3NO2/c15-14(16,17)12-4-2-1-3-10(7-12)11-5-6-18(8-11)9-13(19)20/h1-4,7,11-12H,5-6,8-9H2,(H,19,20). The van der Waals surface area contributed by atoms with Crippen molar-refractivity contribution in [3.8, 4) is 0 Å². The molecule has 0 aromatic carbocycles. The van der Waals surface area contributed by atoms with Crippen LogP contribution in [0.15, 0.2) is 36.0 Å². The van der Waals surface area contributed by atoms with Gasteiger partial charge in [0.05, 0.1) is 12.5 Å². The fraction of sp³-hybridized carbons (Fsp3) is 0.500. The molecule has 1 aliphatic heterocycles. The highest BCUT2D eigenvalue weighted by Crippen LogP contribution is 2.34. The molecule has 6 heteroatoms. The van der Waals surface area contributed by atoms with Crippen LogP contribution in [-0.4, -0.2) is 41.8 Å². The van der Waals surface area contributed by atoms with Crippen LogP contribution in [0.1, 0.15) is 6.42 Å². The van der Waals surface area contributed by atoms with Crippen molar-refractivity contribution in [3.63, 3.8) is 0 Å². The Labute approximate surface area is 115 Å². The van der Waals surface area contributed by atoms with Gasteiger partial charge in [-0.1, -0.05) is 30.4 Å². The highest BCUT2D eigenvalue weighted by atomic mass is 19.4. The average molecular weight is 287 g/mol. The lowest BCUT2D eigenvalue weighted by Crippen LogP contribution is -2.27. The predicted octanol–water partition coefficient (Wildman–Crippen LogP) is 2.62. The SMILES string of the molecule is O=C(O)CN1CCC(C2=CC(C(F)(F)F)C=CC=C2)C1. The molecule has 0 aromatic rings. The quantitative estimate of drug-likeness (QED) is 0.867. The molecule has 20 heavy (non-hydrogen) atoms. The van der Waals surface area contributed by atoms with Gasteiger partial charge in [-0.15, -0.1) is 0 Å². The summed E-state index contributed by atoms with van der Waals surface area (Å²) in [5.41, 5.74) is 0.644. The van der Waals surface area contributed by atoms with E-state index < -0.39 is 18.1 Å². The molecule has 2 unspecified atom stereocenters. The number of likely N-dealkylation sites (tertiary alicyclic amines) is 1. The van der Waals surface area contributed by atoms with E-state index in [9.17, 15) is 18.0 Å². The molecular weight excluding hydrogens is 271 g/mol. The van der Waals surface area contributed by atoms with Gasteiger partial charge in [0.15, 0.2) is 0 Å². The number of halogens is 3. The van der Waals surface area contributed by atoms with E-state index in [0.717, 1.165) is 6.08 Å². The molecular formula is C14H16F3NO2. The Kier molecular flexibility index (Phi) is 4.32. The molecule has 2 rings (SSSR count). The number of rotatable bonds is 3. The maximum absolute atomic E-state index is 12.8. The van der Waals surface area contributed by atoms with E-state index in [-0.39, 0.29) is 12.5 Å². The van der Waals surface area contributed by atoms with Gasteiger partial charge >= 0.3 is 12.1 Å². The Morgan fingerprint density at radius 3 is 2.80 bits per heavy atom. The van der Waals surface area contributed by atoms with Gasteiger partial charge in [-0.3, -0.25) is 9.69 Å². The number of allylic oxidation sites excluding steroid dienone is 5. The Bertz CT molecular complexity index is 466. The van der Waals surface area contributed by atoms with Crippen LogP contribution in [0.3, 0.4) is 0 Å². The first kappa shape index (κ1) is 14.8. The third kappa shape index (κ3) is 3.72. The molecule has 1 heterocycles. The molecule has 2 atom stereocenters. The van der Waals surface area contributed by atoms with Crippen LogP contribution >= 0.6 is 0 Å². The second-order valence-electron chi connectivity index (χ2n) is 5.09. The molecule has 1 N–H and O–H groups in total. The summed E-state index contributed by atoms with van der Waals surface area (Å²) in [5.74, 6) is -2.51. The van der Waals surface area contributed by atoms with Gasteiger partial charge in [-0.2, -0.15) is 13.2 Å². The highest BCUT2D eigenvalue weighted by Gasteiger charge is 2.37. The normalized spacial score (nSPS) is 27.4. The number of aliphatic carboxylic acids is 1. The summed E-state index contributed by atoms with van der Waals surface area (Å²) in [4.78, 5) is 12.4. The molecule has 1 aliphatic carbocycles. The zero-order valence-corrected chi connectivity index (χ0v) is 10.8. The Morgan fingerprint density at radius 2 is 2.15 bits per heavy atom. The lowest BCUT2D eigenvalue weighted by atomic mass is 9.94. The van der Waals surface area contributed by atoms with Gasteiger partial charge in [0.25, 0.3) is 0 Å². The number of carboxylic acids is 1. The lowest BCUT2D eigenvalue weighted by molar-refractivity contribution is -0.149. The number of alkyl halides is 3. The number of carbonyl (C=O) groups is 1. The van der Waals surface area contributed by atoms with Crippen molar-refractivity contribution in [3.05, 3.63) is 36.0 Å². The molecule has 2 aliphatic rings. The fourth-order valence-electron chi connectivity index (χ4n) is 2.58. The van der Waals surface area contributed by atoms with Crippen molar-refractivity contribution < 1.29 is 23.1 Å². The average Bonchev–Trinajstić information content (AvgIpc) is 2.62. The minimum absolute atomic E-state index is 0.0321. The zero-order valence-electron chi connectivity index (χ0n) is 10.8. The van der Waals surface area contributed by atoms with Crippen LogP contribution in [0.2, 0.25) is 0 Å². The fourth-order valence-corrected chi connectivity index (χ4v) is 2.58. The van der Waals surface area contributed by atoms with Crippen molar-refractivity contribution in [1.29, 1.82) is 0 Å². The first-order valence-corrected chi connectivity index (χ1v) is 6.43. The van der Waals surface area contributed by atoms with Gasteiger partial charge in [0.1, 0.15) is 0 Å². The minimum Gasteiger partial charge on any atom is -0.480 e. The molecule has 0 bridgehead atoms. The van der Waals surface area contributed by atoms with Gasteiger partial charge in [-0.05, 0) is 24.5 Å². The molecule has 1 fully saturated rings. The number of hydrogen-bond donors (Lipinski definition) is 1. The summed E-state index contributed by atoms with van der Waals surface area (Å²) in [6, 6.07) is 0. The van der Waals surface area contributed by atoms with Crippen LogP contribution in [0.4, 0.5) is 13.2 Å². The monoisotopic (exact) mass is 287 g/mol. The molecule has 1 saturated heterocycles. The topological polar surface area (TPSA) is 40.5 Å². The van der Waals surface area contributed by atoms with E-state index in [1.807, 2.05) is 0 Å². The lowest BCUT2D eigenvalue weighted by Gasteiger charge is -2.17. The van der Waals surface area contributed by atoms with Crippen LogP contribution in [0, 0.1) is 11.8 Å². The smallest absolute Gasteiger partial charge is 0.398 e. The summed E-state index contributed by atoms with van der Waals surface area (Å²) in [7, 11) is 0. The number of nitrogens with zero attached hydrogens (tertiary/aromatic N) is 1. The van der Waals surface area contributed by atoms with E-state index in [4.69, 9.17) is 5.11 Å². The van der Waals surface area contributed by atoms with E-state index in [1.54, 1.807) is 17.1 Å². The van der Waals surface area contributed by atoms with Crippen LogP contribution < -0.4 is 0 Å². The molecule has 0 amide bonds. The van der Waals surface area contributed by atoms with Gasteiger partial charge in [0, 0.05) is 6.54 Å². The summed E-state index contributed by atoms with van der Waals surface area (Å²) >= 11 is 0. The summed E-state index contributed by atoms with van der Waals surface area (Å²) < 4.78 is 38.5. The van der Waals surface area contributed by atoms with Crippen LogP contribution in [0.5, 0.6) is 0 Å². The third-order valence-electron chi connectivity index (χ3n) is 3.57. The van der Waals surface area contributed by atoms with E-state index in [1.165, 1.54) is 12.2 Å². The molecule has 0 spiro atoms. The van der Waals surface area contributed by atoms with Crippen molar-refractivity contribution in [2.75, 3.05) is 19.6 Å². The number of hydrogen-bond acceptors (Lipinski definition) is 2. The molecule has 0 radical (unpaired) electrons. The second-order valence-corrected chi connectivity index (χ2v) is 5.09. The second kappa shape index (κ2) is 5.83. The molecule has 0 aromatic heterocycles. The minimum atomic E-state index is -4.28. The van der Waals surface area contributed by atoms with Gasteiger partial charge in [0.2, 0.25) is 0 Å².